The molecule has 1 aromatic rings. The molecule has 0 atom stereocenters. The minimum Gasteiger partial charge on any atom is -0.381 e. The Labute approximate surface area is 163 Å². The first-order valence-corrected chi connectivity index (χ1v) is 10.1. The molecule has 1 aliphatic heterocycles. The smallest absolute Gasteiger partial charge is 0.225 e. The van der Waals surface area contributed by atoms with Crippen LogP contribution in [0.5, 0.6) is 0 Å². The number of nitrogens with zero attached hydrogens (tertiary/aromatic N) is 5. The summed E-state index contributed by atoms with van der Waals surface area (Å²) in [5.41, 5.74) is 0. The molecule has 2 heterocycles. The minimum absolute atomic E-state index is 0.805. The summed E-state index contributed by atoms with van der Waals surface area (Å²) in [4.78, 5) is 17.6. The van der Waals surface area contributed by atoms with Gasteiger partial charge in [0.1, 0.15) is 0 Å². The number of rotatable bonds is 11. The van der Waals surface area contributed by atoms with E-state index in [-0.39, 0.29) is 0 Å². The Balaban J connectivity index is 1.52. The molecule has 0 unspecified atom stereocenters. The molecular weight excluding hydrogens is 342 g/mol. The van der Waals surface area contributed by atoms with Gasteiger partial charge in [-0.3, -0.25) is 9.89 Å². The topological polar surface area (TPSA) is 77.9 Å². The quantitative estimate of drug-likeness (QED) is 0.338. The van der Waals surface area contributed by atoms with Crippen LogP contribution in [0.25, 0.3) is 0 Å². The van der Waals surface area contributed by atoms with Gasteiger partial charge in [0.05, 0.1) is 0 Å². The van der Waals surface area contributed by atoms with E-state index in [0.717, 1.165) is 83.8 Å². The van der Waals surface area contributed by atoms with Crippen molar-refractivity contribution >= 4 is 11.9 Å². The van der Waals surface area contributed by atoms with Crippen LogP contribution >= 0.6 is 0 Å². The van der Waals surface area contributed by atoms with E-state index in [1.54, 1.807) is 12.4 Å². The highest BCUT2D eigenvalue weighted by atomic mass is 16.5. The van der Waals surface area contributed by atoms with Crippen molar-refractivity contribution < 1.29 is 4.74 Å². The van der Waals surface area contributed by atoms with Crippen molar-refractivity contribution in [2.24, 2.45) is 4.99 Å². The van der Waals surface area contributed by atoms with Crippen molar-refractivity contribution in [1.82, 2.24) is 25.5 Å². The van der Waals surface area contributed by atoms with Crippen molar-refractivity contribution in [3.05, 3.63) is 18.5 Å². The van der Waals surface area contributed by atoms with E-state index < -0.39 is 0 Å². The van der Waals surface area contributed by atoms with Crippen LogP contribution in [0.3, 0.4) is 0 Å². The monoisotopic (exact) mass is 377 g/mol. The molecule has 0 aliphatic carbocycles. The molecule has 1 aliphatic rings. The first kappa shape index (κ1) is 21.4. The van der Waals surface area contributed by atoms with Crippen molar-refractivity contribution in [3.8, 4) is 0 Å². The number of guanidine groups is 1. The average Bonchev–Trinajstić information content (AvgIpc) is 2.73. The summed E-state index contributed by atoms with van der Waals surface area (Å²) in [7, 11) is 1.81. The number of anilines is 1. The van der Waals surface area contributed by atoms with Gasteiger partial charge in [0, 0.05) is 78.5 Å². The predicted octanol–water partition coefficient (Wildman–Crippen LogP) is 0.970. The van der Waals surface area contributed by atoms with Gasteiger partial charge in [-0.1, -0.05) is 13.3 Å². The number of hydrogen-bond donors (Lipinski definition) is 2. The highest BCUT2D eigenvalue weighted by Gasteiger charge is 2.18. The van der Waals surface area contributed by atoms with Gasteiger partial charge in [-0.05, 0) is 18.9 Å². The van der Waals surface area contributed by atoms with Crippen molar-refractivity contribution in [2.45, 2.75) is 26.2 Å². The van der Waals surface area contributed by atoms with Gasteiger partial charge < -0.3 is 20.3 Å². The van der Waals surface area contributed by atoms with E-state index in [1.807, 2.05) is 13.1 Å². The fourth-order valence-electron chi connectivity index (χ4n) is 2.91. The zero-order chi connectivity index (χ0) is 19.2. The predicted molar refractivity (Wildman–Crippen MR) is 110 cm³/mol. The number of aliphatic imine (C=N–C) groups is 1. The van der Waals surface area contributed by atoms with Gasteiger partial charge in [-0.15, -0.1) is 0 Å². The molecule has 0 saturated carbocycles. The maximum Gasteiger partial charge on any atom is 0.225 e. The Hall–Kier alpha value is -1.93. The molecule has 1 fully saturated rings. The second-order valence-electron chi connectivity index (χ2n) is 6.62. The molecule has 0 bridgehead atoms. The van der Waals surface area contributed by atoms with Crippen LogP contribution in [0, 0.1) is 0 Å². The van der Waals surface area contributed by atoms with E-state index in [2.05, 4.69) is 42.3 Å². The molecule has 1 saturated heterocycles. The van der Waals surface area contributed by atoms with Crippen molar-refractivity contribution in [3.63, 3.8) is 0 Å². The maximum absolute atomic E-state index is 5.57. The van der Waals surface area contributed by atoms with E-state index in [9.17, 15) is 0 Å². The van der Waals surface area contributed by atoms with Gasteiger partial charge in [-0.2, -0.15) is 0 Å². The third kappa shape index (κ3) is 8.53. The van der Waals surface area contributed by atoms with E-state index in [1.165, 1.54) is 6.42 Å². The molecule has 0 spiro atoms. The lowest BCUT2D eigenvalue weighted by molar-refractivity contribution is 0.129. The fraction of sp³-hybridized carbons (Fsp3) is 0.737. The summed E-state index contributed by atoms with van der Waals surface area (Å²) in [6.07, 6.45) is 6.92. The maximum atomic E-state index is 5.57. The van der Waals surface area contributed by atoms with Crippen LogP contribution in [-0.2, 0) is 4.74 Å². The molecule has 0 radical (unpaired) electrons. The lowest BCUT2D eigenvalue weighted by Gasteiger charge is -2.34. The van der Waals surface area contributed by atoms with Gasteiger partial charge >= 0.3 is 0 Å². The zero-order valence-corrected chi connectivity index (χ0v) is 16.9. The molecule has 0 aromatic carbocycles. The Bertz CT molecular complexity index is 518. The summed E-state index contributed by atoms with van der Waals surface area (Å²) >= 11 is 0. The molecule has 8 nitrogen and oxygen atoms in total. The normalized spacial score (nSPS) is 15.8. The molecule has 8 heteroatoms. The van der Waals surface area contributed by atoms with Crippen LogP contribution < -0.4 is 15.5 Å². The third-order valence-electron chi connectivity index (χ3n) is 4.55. The summed E-state index contributed by atoms with van der Waals surface area (Å²) in [6, 6.07) is 1.85. The van der Waals surface area contributed by atoms with Gasteiger partial charge in [0.25, 0.3) is 0 Å². The highest BCUT2D eigenvalue weighted by Crippen LogP contribution is 2.08. The number of aromatic nitrogens is 2. The van der Waals surface area contributed by atoms with Crippen LogP contribution in [-0.4, -0.2) is 86.9 Å². The van der Waals surface area contributed by atoms with Crippen molar-refractivity contribution in [2.75, 3.05) is 71.0 Å². The van der Waals surface area contributed by atoms with Crippen LogP contribution in [0.2, 0.25) is 0 Å². The molecule has 1 aromatic heterocycles. The van der Waals surface area contributed by atoms with Gasteiger partial charge in [0.15, 0.2) is 5.96 Å². The summed E-state index contributed by atoms with van der Waals surface area (Å²) in [5.74, 6) is 1.69. The van der Waals surface area contributed by atoms with Crippen LogP contribution in [0.4, 0.5) is 5.95 Å². The number of unbranched alkanes of at least 4 members (excludes halogenated alkanes) is 1. The average molecular weight is 378 g/mol. The number of ether oxygens (including phenoxy) is 1. The van der Waals surface area contributed by atoms with Gasteiger partial charge in [0.2, 0.25) is 5.95 Å². The molecule has 2 rings (SSSR count). The highest BCUT2D eigenvalue weighted by molar-refractivity contribution is 5.79. The minimum atomic E-state index is 0.805. The third-order valence-corrected chi connectivity index (χ3v) is 4.55. The lowest BCUT2D eigenvalue weighted by Crippen LogP contribution is -2.49. The first-order valence-electron chi connectivity index (χ1n) is 10.1. The second-order valence-corrected chi connectivity index (χ2v) is 6.62. The Morgan fingerprint density at radius 1 is 1.07 bits per heavy atom. The molecular formula is C19H35N7O. The standard InChI is InChI=1S/C19H35N7O/c1-3-4-16-27-17-6-9-21-18(20-2)22-10-11-25-12-14-26(15-13-25)19-23-7-5-8-24-19/h5,7-8H,3-4,6,9-17H2,1-2H3,(H2,20,21,22). The number of hydrogen-bond acceptors (Lipinski definition) is 6. The Morgan fingerprint density at radius 3 is 2.48 bits per heavy atom. The number of piperazine rings is 1. The van der Waals surface area contributed by atoms with Gasteiger partial charge in [-0.25, -0.2) is 9.97 Å². The SMILES string of the molecule is CCCCOCCCNC(=NC)NCCN1CCN(c2ncccn2)CC1. The van der Waals surface area contributed by atoms with Crippen LogP contribution in [0.15, 0.2) is 23.5 Å². The molecule has 152 valence electrons. The molecule has 2 N–H and O–H groups in total. The largest absolute Gasteiger partial charge is 0.381 e. The first-order chi connectivity index (χ1) is 13.3. The molecule has 0 amide bonds. The number of nitrogens with one attached hydrogen (secondary N) is 2. The summed E-state index contributed by atoms with van der Waals surface area (Å²) in [5, 5.41) is 6.73. The fourth-order valence-corrected chi connectivity index (χ4v) is 2.91. The van der Waals surface area contributed by atoms with E-state index >= 15 is 0 Å². The van der Waals surface area contributed by atoms with Crippen molar-refractivity contribution in [1.29, 1.82) is 0 Å². The second kappa shape index (κ2) is 13.3. The Kier molecular flexibility index (Phi) is 10.5. The summed E-state index contributed by atoms with van der Waals surface area (Å²) < 4.78 is 5.57. The zero-order valence-electron chi connectivity index (χ0n) is 16.9. The van der Waals surface area contributed by atoms with Crippen LogP contribution in [0.1, 0.15) is 26.2 Å². The lowest BCUT2D eigenvalue weighted by atomic mass is 10.3. The van der Waals surface area contributed by atoms with E-state index in [4.69, 9.17) is 4.74 Å². The Morgan fingerprint density at radius 2 is 1.78 bits per heavy atom. The summed E-state index contributed by atoms with van der Waals surface area (Å²) in [6.45, 7) is 10.6. The van der Waals surface area contributed by atoms with E-state index in [0.29, 0.717) is 0 Å². The molecule has 27 heavy (non-hydrogen) atoms.